The molecule has 1 aromatic rings. The Morgan fingerprint density at radius 1 is 1.11 bits per heavy atom. The van der Waals surface area contributed by atoms with Crippen LogP contribution in [0.1, 0.15) is 10.4 Å². The smallest absolute Gasteiger partial charge is 0.282 e. The Bertz CT molecular complexity index is 372. The van der Waals surface area contributed by atoms with Crippen molar-refractivity contribution in [2.45, 2.75) is 0 Å². The van der Waals surface area contributed by atoms with Gasteiger partial charge in [-0.1, -0.05) is 6.07 Å². The summed E-state index contributed by atoms with van der Waals surface area (Å²) in [7, 11) is 4.52. The molecule has 1 rings (SSSR count). The Morgan fingerprint density at radius 3 is 2.22 bits per heavy atom. The van der Waals surface area contributed by atoms with Gasteiger partial charge in [0.05, 0.1) is 27.4 Å². The van der Waals surface area contributed by atoms with Crippen molar-refractivity contribution in [3.05, 3.63) is 23.8 Å². The zero-order chi connectivity index (χ0) is 13.4. The molecule has 0 atom stereocenters. The number of hydroxylamine groups is 1. The molecule has 0 saturated heterocycles. The number of methoxy groups -OCH3 is 3. The van der Waals surface area contributed by atoms with Crippen LogP contribution in [0, 0.1) is 0 Å². The summed E-state index contributed by atoms with van der Waals surface area (Å²) in [6.07, 6.45) is 0. The first-order chi connectivity index (χ1) is 8.74. The van der Waals surface area contributed by atoms with Crippen LogP contribution in [0.4, 0.5) is 0 Å². The van der Waals surface area contributed by atoms with Crippen molar-refractivity contribution in [1.82, 2.24) is 5.48 Å². The Kier molecular flexibility index (Phi) is 5.96. The molecular formula is C12H17NO5. The van der Waals surface area contributed by atoms with Crippen LogP contribution in [0.15, 0.2) is 18.2 Å². The van der Waals surface area contributed by atoms with Crippen molar-refractivity contribution in [2.75, 3.05) is 34.5 Å². The molecule has 0 aliphatic carbocycles. The van der Waals surface area contributed by atoms with Gasteiger partial charge < -0.3 is 14.2 Å². The van der Waals surface area contributed by atoms with Crippen LogP contribution in [0.3, 0.4) is 0 Å². The average Bonchev–Trinajstić information content (AvgIpc) is 2.42. The highest BCUT2D eigenvalue weighted by Gasteiger charge is 2.17. The van der Waals surface area contributed by atoms with Crippen LogP contribution >= 0.6 is 0 Å². The number of nitrogens with one attached hydrogen (secondary N) is 1. The van der Waals surface area contributed by atoms with Gasteiger partial charge in [-0.3, -0.25) is 9.63 Å². The lowest BCUT2D eigenvalue weighted by Gasteiger charge is -2.12. The summed E-state index contributed by atoms with van der Waals surface area (Å²) in [6.45, 7) is 0.656. The van der Waals surface area contributed by atoms with Crippen molar-refractivity contribution >= 4 is 5.91 Å². The first-order valence-corrected chi connectivity index (χ1v) is 5.36. The first-order valence-electron chi connectivity index (χ1n) is 5.36. The molecule has 0 unspecified atom stereocenters. The van der Waals surface area contributed by atoms with Crippen molar-refractivity contribution in [3.8, 4) is 11.5 Å². The first kappa shape index (κ1) is 14.3. The second-order valence-corrected chi connectivity index (χ2v) is 3.31. The van der Waals surface area contributed by atoms with E-state index in [0.717, 1.165) is 0 Å². The summed E-state index contributed by atoms with van der Waals surface area (Å²) in [5.41, 5.74) is 2.60. The maximum Gasteiger partial charge on any atom is 0.282 e. The molecular weight excluding hydrogens is 238 g/mol. The number of rotatable bonds is 7. The van der Waals surface area contributed by atoms with Gasteiger partial charge >= 0.3 is 0 Å². The molecule has 1 aromatic carbocycles. The molecule has 6 heteroatoms. The number of hydrogen-bond acceptors (Lipinski definition) is 5. The highest BCUT2D eigenvalue weighted by Crippen LogP contribution is 2.27. The molecule has 1 N–H and O–H groups in total. The van der Waals surface area contributed by atoms with E-state index in [1.165, 1.54) is 14.2 Å². The maximum absolute atomic E-state index is 11.9. The van der Waals surface area contributed by atoms with E-state index in [4.69, 9.17) is 19.0 Å². The molecule has 100 valence electrons. The summed E-state index contributed by atoms with van der Waals surface area (Å²) in [5, 5.41) is 0. The van der Waals surface area contributed by atoms with Crippen LogP contribution in [0.25, 0.3) is 0 Å². The number of ether oxygens (including phenoxy) is 3. The summed E-state index contributed by atoms with van der Waals surface area (Å²) in [4.78, 5) is 16.9. The molecule has 0 aromatic heterocycles. The van der Waals surface area contributed by atoms with Crippen LogP contribution in [0.5, 0.6) is 11.5 Å². The summed E-state index contributed by atoms with van der Waals surface area (Å²) < 4.78 is 15.0. The Balaban J connectivity index is 2.76. The fraction of sp³-hybridized carbons (Fsp3) is 0.417. The van der Waals surface area contributed by atoms with Gasteiger partial charge in [-0.05, 0) is 12.1 Å². The largest absolute Gasteiger partial charge is 0.496 e. The molecule has 0 heterocycles. The quantitative estimate of drug-likeness (QED) is 0.582. The molecule has 0 spiro atoms. The molecule has 0 radical (unpaired) electrons. The predicted molar refractivity (Wildman–Crippen MR) is 64.8 cm³/mol. The van der Waals surface area contributed by atoms with Gasteiger partial charge in [-0.25, -0.2) is 5.48 Å². The van der Waals surface area contributed by atoms with E-state index < -0.39 is 5.91 Å². The number of hydrogen-bond donors (Lipinski definition) is 1. The lowest BCUT2D eigenvalue weighted by atomic mass is 10.1. The third-order valence-corrected chi connectivity index (χ3v) is 2.21. The molecule has 1 amide bonds. The predicted octanol–water partition coefficient (Wildman–Crippen LogP) is 1.01. The number of amides is 1. The zero-order valence-corrected chi connectivity index (χ0v) is 10.7. The van der Waals surface area contributed by atoms with E-state index >= 15 is 0 Å². The fourth-order valence-corrected chi connectivity index (χ4v) is 1.37. The lowest BCUT2D eigenvalue weighted by molar-refractivity contribution is 0.00858. The molecule has 0 saturated carbocycles. The highest BCUT2D eigenvalue weighted by atomic mass is 16.7. The van der Waals surface area contributed by atoms with E-state index in [1.807, 2.05) is 0 Å². The van der Waals surface area contributed by atoms with Crippen molar-refractivity contribution in [2.24, 2.45) is 0 Å². The van der Waals surface area contributed by atoms with Gasteiger partial charge in [0, 0.05) is 7.11 Å². The van der Waals surface area contributed by atoms with Gasteiger partial charge in [-0.2, -0.15) is 0 Å². The second kappa shape index (κ2) is 7.52. The third kappa shape index (κ3) is 3.61. The van der Waals surface area contributed by atoms with Gasteiger partial charge in [0.15, 0.2) is 0 Å². The lowest BCUT2D eigenvalue weighted by Crippen LogP contribution is -2.26. The standard InChI is InChI=1S/C12H17NO5/c1-15-7-8-18-13-12(14)11-9(16-2)5-4-6-10(11)17-3/h4-6H,7-8H2,1-3H3,(H,13,14). The van der Waals surface area contributed by atoms with Gasteiger partial charge in [0.1, 0.15) is 17.1 Å². The molecule has 6 nitrogen and oxygen atoms in total. The topological polar surface area (TPSA) is 66.0 Å². The molecule has 0 bridgehead atoms. The monoisotopic (exact) mass is 255 g/mol. The summed E-state index contributed by atoms with van der Waals surface area (Å²) in [5.74, 6) is 0.407. The van der Waals surface area contributed by atoms with Gasteiger partial charge in [0.2, 0.25) is 0 Å². The molecule has 18 heavy (non-hydrogen) atoms. The van der Waals surface area contributed by atoms with Crippen LogP contribution in [0.2, 0.25) is 0 Å². The van der Waals surface area contributed by atoms with E-state index in [-0.39, 0.29) is 6.61 Å². The SMILES string of the molecule is COCCONC(=O)c1c(OC)cccc1OC. The minimum absolute atomic E-state index is 0.264. The van der Waals surface area contributed by atoms with Crippen LogP contribution in [-0.4, -0.2) is 40.5 Å². The van der Waals surface area contributed by atoms with Crippen molar-refractivity contribution < 1.29 is 23.8 Å². The Labute approximate surface area is 106 Å². The molecule has 0 fully saturated rings. The van der Waals surface area contributed by atoms with Crippen molar-refractivity contribution in [1.29, 1.82) is 0 Å². The van der Waals surface area contributed by atoms with E-state index in [0.29, 0.717) is 23.7 Å². The average molecular weight is 255 g/mol. The minimum Gasteiger partial charge on any atom is -0.496 e. The summed E-state index contributed by atoms with van der Waals surface area (Å²) >= 11 is 0. The van der Waals surface area contributed by atoms with Gasteiger partial charge in [-0.15, -0.1) is 0 Å². The minimum atomic E-state index is -0.430. The Hall–Kier alpha value is -1.79. The maximum atomic E-state index is 11.9. The van der Waals surface area contributed by atoms with Crippen LogP contribution in [-0.2, 0) is 9.57 Å². The number of carbonyl (C=O) groups excluding carboxylic acids is 1. The van der Waals surface area contributed by atoms with Crippen molar-refractivity contribution in [3.63, 3.8) is 0 Å². The summed E-state index contributed by atoms with van der Waals surface area (Å²) in [6, 6.07) is 5.08. The second-order valence-electron chi connectivity index (χ2n) is 3.31. The van der Waals surface area contributed by atoms with Crippen LogP contribution < -0.4 is 15.0 Å². The fourth-order valence-electron chi connectivity index (χ4n) is 1.37. The Morgan fingerprint density at radius 2 is 1.72 bits per heavy atom. The van der Waals surface area contributed by atoms with E-state index in [9.17, 15) is 4.79 Å². The van der Waals surface area contributed by atoms with E-state index in [2.05, 4.69) is 5.48 Å². The zero-order valence-electron chi connectivity index (χ0n) is 10.7. The number of benzene rings is 1. The van der Waals surface area contributed by atoms with E-state index in [1.54, 1.807) is 25.3 Å². The molecule has 0 aliphatic rings. The third-order valence-electron chi connectivity index (χ3n) is 2.21. The number of carbonyl (C=O) groups is 1. The molecule has 0 aliphatic heterocycles. The highest BCUT2D eigenvalue weighted by molar-refractivity contribution is 5.99. The van der Waals surface area contributed by atoms with Gasteiger partial charge in [0.25, 0.3) is 5.91 Å². The normalized spacial score (nSPS) is 9.94.